The van der Waals surface area contributed by atoms with Crippen LogP contribution in [0, 0.1) is 17.7 Å². The van der Waals surface area contributed by atoms with Crippen LogP contribution in [0.3, 0.4) is 0 Å². The molecule has 0 radical (unpaired) electrons. The summed E-state index contributed by atoms with van der Waals surface area (Å²) < 4.78 is 24.7. The number of ether oxygens (including phenoxy) is 2. The third kappa shape index (κ3) is 4.03. The van der Waals surface area contributed by atoms with Crippen molar-refractivity contribution in [1.29, 1.82) is 0 Å². The number of methoxy groups -OCH3 is 1. The van der Waals surface area contributed by atoms with E-state index in [4.69, 9.17) is 9.47 Å². The van der Waals surface area contributed by atoms with Crippen molar-refractivity contribution in [3.63, 3.8) is 0 Å². The highest BCUT2D eigenvalue weighted by Crippen LogP contribution is 2.38. The first kappa shape index (κ1) is 20.3. The van der Waals surface area contributed by atoms with Crippen molar-refractivity contribution in [2.45, 2.75) is 25.0 Å². The third-order valence-electron chi connectivity index (χ3n) is 6.02. The smallest absolute Gasteiger partial charge is 0.337 e. The fourth-order valence-electron chi connectivity index (χ4n) is 4.48. The molecule has 158 valence electrons. The van der Waals surface area contributed by atoms with E-state index in [1.807, 2.05) is 0 Å². The summed E-state index contributed by atoms with van der Waals surface area (Å²) in [5.74, 6) is -0.500. The molecule has 1 aliphatic heterocycles. The summed E-state index contributed by atoms with van der Waals surface area (Å²) in [4.78, 5) is 26.1. The van der Waals surface area contributed by atoms with Crippen LogP contribution in [-0.2, 0) is 4.74 Å². The fourth-order valence-corrected chi connectivity index (χ4v) is 4.48. The number of amides is 1. The average Bonchev–Trinajstić information content (AvgIpc) is 3.16. The van der Waals surface area contributed by atoms with E-state index in [2.05, 4.69) is 0 Å². The van der Waals surface area contributed by atoms with Crippen LogP contribution in [-0.4, -0.2) is 54.3 Å². The molecule has 0 spiro atoms. The minimum Gasteiger partial charge on any atom is -0.488 e. The van der Waals surface area contributed by atoms with Gasteiger partial charge in [-0.2, -0.15) is 0 Å². The highest BCUT2D eigenvalue weighted by molar-refractivity contribution is 5.94. The Hall–Kier alpha value is -2.93. The van der Waals surface area contributed by atoms with Gasteiger partial charge in [0.05, 0.1) is 24.3 Å². The number of nitrogens with zero attached hydrogens (tertiary/aromatic N) is 1. The zero-order chi connectivity index (χ0) is 21.3. The van der Waals surface area contributed by atoms with Crippen molar-refractivity contribution in [1.82, 2.24) is 4.90 Å². The second-order valence-corrected chi connectivity index (χ2v) is 7.92. The maximum Gasteiger partial charge on any atom is 0.337 e. The third-order valence-corrected chi connectivity index (χ3v) is 6.02. The molecule has 4 atom stereocenters. The minimum atomic E-state index is -0.684. The SMILES string of the molecule is COC(=O)c1cccc(O[C@@H]2C[C@@H]3CN(C(=O)c4ccccc4F)C[C@@H]3C[C@H]2O)c1. The van der Waals surface area contributed by atoms with Crippen LogP contribution in [0.15, 0.2) is 48.5 Å². The molecule has 6 nitrogen and oxygen atoms in total. The van der Waals surface area contributed by atoms with E-state index < -0.39 is 24.0 Å². The summed E-state index contributed by atoms with van der Waals surface area (Å²) in [7, 11) is 1.31. The van der Waals surface area contributed by atoms with Gasteiger partial charge in [0.25, 0.3) is 5.91 Å². The van der Waals surface area contributed by atoms with Gasteiger partial charge in [-0.25, -0.2) is 9.18 Å². The molecule has 1 N–H and O–H groups in total. The molecule has 7 heteroatoms. The molecular weight excluding hydrogens is 389 g/mol. The highest BCUT2D eigenvalue weighted by Gasteiger charge is 2.44. The summed E-state index contributed by atoms with van der Waals surface area (Å²) in [6, 6.07) is 12.6. The monoisotopic (exact) mass is 413 g/mol. The van der Waals surface area contributed by atoms with E-state index in [-0.39, 0.29) is 23.3 Å². The lowest BCUT2D eigenvalue weighted by atomic mass is 9.78. The Labute approximate surface area is 174 Å². The van der Waals surface area contributed by atoms with E-state index >= 15 is 0 Å². The Balaban J connectivity index is 1.43. The highest BCUT2D eigenvalue weighted by atomic mass is 19.1. The van der Waals surface area contributed by atoms with Crippen molar-refractivity contribution in [3.05, 3.63) is 65.5 Å². The van der Waals surface area contributed by atoms with Gasteiger partial charge < -0.3 is 19.5 Å². The van der Waals surface area contributed by atoms with Crippen LogP contribution in [0.4, 0.5) is 4.39 Å². The summed E-state index contributed by atoms with van der Waals surface area (Å²) in [5.41, 5.74) is 0.449. The van der Waals surface area contributed by atoms with Crippen molar-refractivity contribution in [3.8, 4) is 5.75 Å². The quantitative estimate of drug-likeness (QED) is 0.780. The van der Waals surface area contributed by atoms with E-state index in [9.17, 15) is 19.1 Å². The lowest BCUT2D eigenvalue weighted by molar-refractivity contribution is -0.0231. The number of halogens is 1. The lowest BCUT2D eigenvalue weighted by Crippen LogP contribution is -2.42. The summed E-state index contributed by atoms with van der Waals surface area (Å²) in [5, 5.41) is 10.6. The van der Waals surface area contributed by atoms with E-state index in [1.54, 1.807) is 41.3 Å². The van der Waals surface area contributed by atoms with Gasteiger partial charge in [-0.1, -0.05) is 18.2 Å². The topological polar surface area (TPSA) is 76.1 Å². The van der Waals surface area contributed by atoms with E-state index in [0.29, 0.717) is 37.2 Å². The second-order valence-electron chi connectivity index (χ2n) is 7.92. The largest absolute Gasteiger partial charge is 0.488 e. The predicted molar refractivity (Wildman–Crippen MR) is 107 cm³/mol. The molecule has 0 bridgehead atoms. The first-order chi connectivity index (χ1) is 14.5. The van der Waals surface area contributed by atoms with Crippen LogP contribution in [0.1, 0.15) is 33.6 Å². The number of hydrogen-bond donors (Lipinski definition) is 1. The van der Waals surface area contributed by atoms with E-state index in [0.717, 1.165) is 0 Å². The van der Waals surface area contributed by atoms with Crippen molar-refractivity contribution in [2.24, 2.45) is 11.8 Å². The van der Waals surface area contributed by atoms with Crippen LogP contribution in [0.5, 0.6) is 5.75 Å². The number of likely N-dealkylation sites (tertiary alicyclic amines) is 1. The zero-order valence-electron chi connectivity index (χ0n) is 16.7. The van der Waals surface area contributed by atoms with Crippen molar-refractivity contribution >= 4 is 11.9 Å². The molecule has 30 heavy (non-hydrogen) atoms. The maximum atomic E-state index is 14.0. The molecule has 0 unspecified atom stereocenters. The number of aliphatic hydroxyl groups excluding tert-OH is 1. The summed E-state index contributed by atoms with van der Waals surface area (Å²) in [6.07, 6.45) is -0.0400. The minimum absolute atomic E-state index is 0.0733. The molecule has 2 aromatic carbocycles. The normalized spacial score (nSPS) is 25.5. The Kier molecular flexibility index (Phi) is 5.72. The molecule has 4 rings (SSSR count). The molecule has 2 aliphatic rings. The van der Waals surface area contributed by atoms with E-state index in [1.165, 1.54) is 19.2 Å². The number of esters is 1. The molecule has 1 heterocycles. The number of fused-ring (bicyclic) bond motifs is 1. The Morgan fingerprint density at radius 2 is 1.80 bits per heavy atom. The molecule has 1 saturated heterocycles. The van der Waals surface area contributed by atoms with Gasteiger partial charge in [-0.15, -0.1) is 0 Å². The molecule has 2 aromatic rings. The van der Waals surface area contributed by atoms with Gasteiger partial charge in [0.1, 0.15) is 17.7 Å². The second kappa shape index (κ2) is 8.44. The number of hydrogen-bond acceptors (Lipinski definition) is 5. The first-order valence-corrected chi connectivity index (χ1v) is 10.0. The first-order valence-electron chi connectivity index (χ1n) is 10.0. The summed E-state index contributed by atoms with van der Waals surface area (Å²) >= 11 is 0. The fraction of sp³-hybridized carbons (Fsp3) is 0.391. The number of carbonyl (C=O) groups excluding carboxylic acids is 2. The molecule has 2 fully saturated rings. The van der Waals surface area contributed by atoms with Crippen molar-refractivity contribution in [2.75, 3.05) is 20.2 Å². The number of carbonyl (C=O) groups is 2. The Bertz CT molecular complexity index is 949. The van der Waals surface area contributed by atoms with Crippen molar-refractivity contribution < 1.29 is 28.6 Å². The van der Waals surface area contributed by atoms with Gasteiger partial charge in [0, 0.05) is 13.1 Å². The van der Waals surface area contributed by atoms with Gasteiger partial charge in [-0.3, -0.25) is 4.79 Å². The number of benzene rings is 2. The Morgan fingerprint density at radius 3 is 2.53 bits per heavy atom. The van der Waals surface area contributed by atoms with Gasteiger partial charge in [-0.05, 0) is 55.0 Å². The van der Waals surface area contributed by atoms with Crippen LogP contribution in [0.2, 0.25) is 0 Å². The van der Waals surface area contributed by atoms with Gasteiger partial charge in [0.2, 0.25) is 0 Å². The summed E-state index contributed by atoms with van der Waals surface area (Å²) in [6.45, 7) is 1.01. The molecule has 1 saturated carbocycles. The standard InChI is InChI=1S/C23H24FNO5/c1-29-23(28)14-5-4-6-17(9-14)30-21-11-16-13-25(12-15(16)10-20(21)26)22(27)18-7-2-3-8-19(18)24/h2-9,15-16,20-21,26H,10-13H2,1H3/t15-,16+,20+,21+/m0/s1. The maximum absolute atomic E-state index is 14.0. The molecule has 0 aromatic heterocycles. The van der Waals surface area contributed by atoms with Crippen LogP contribution < -0.4 is 4.74 Å². The molecular formula is C23H24FNO5. The van der Waals surface area contributed by atoms with Gasteiger partial charge in [0.15, 0.2) is 0 Å². The molecule has 1 aliphatic carbocycles. The zero-order valence-corrected chi connectivity index (χ0v) is 16.7. The van der Waals surface area contributed by atoms with Crippen LogP contribution in [0.25, 0.3) is 0 Å². The number of rotatable bonds is 4. The molecule has 1 amide bonds. The van der Waals surface area contributed by atoms with Gasteiger partial charge >= 0.3 is 5.97 Å². The van der Waals surface area contributed by atoms with Crippen LogP contribution >= 0.6 is 0 Å². The average molecular weight is 413 g/mol. The Morgan fingerprint density at radius 1 is 1.07 bits per heavy atom. The predicted octanol–water partition coefficient (Wildman–Crippen LogP) is 2.90. The lowest BCUT2D eigenvalue weighted by Gasteiger charge is -2.35. The number of aliphatic hydroxyl groups is 1.